The van der Waals surface area contributed by atoms with Crippen LogP contribution in [-0.4, -0.2) is 17.6 Å². The van der Waals surface area contributed by atoms with Gasteiger partial charge in [-0.05, 0) is 25.0 Å². The number of carbonyl (C=O) groups is 2. The number of nitrogens with one attached hydrogen (secondary N) is 1. The van der Waals surface area contributed by atoms with Crippen LogP contribution in [0.5, 0.6) is 0 Å². The molecule has 0 aromatic heterocycles. The van der Waals surface area contributed by atoms with Gasteiger partial charge in [0.15, 0.2) is 0 Å². The van der Waals surface area contributed by atoms with Gasteiger partial charge in [-0.2, -0.15) is 0 Å². The van der Waals surface area contributed by atoms with Crippen LogP contribution < -0.4 is 11.1 Å². The molecule has 0 aliphatic heterocycles. The lowest BCUT2D eigenvalue weighted by atomic mass is 9.85. The Balaban J connectivity index is 2.01. The molecule has 0 atom stereocenters. The molecule has 1 fully saturated rings. The molecule has 0 unspecified atom stereocenters. The van der Waals surface area contributed by atoms with Crippen molar-refractivity contribution < 1.29 is 9.59 Å². The number of carbonyl (C=O) groups excluding carboxylic acids is 2. The molecule has 3 N–H and O–H groups in total. The van der Waals surface area contributed by atoms with E-state index < -0.39 is 0 Å². The molecule has 0 radical (unpaired) electrons. The number of para-hydroxylation sites is 1. The fourth-order valence-corrected chi connectivity index (χ4v) is 2.50. The molecule has 4 nitrogen and oxygen atoms in total. The van der Waals surface area contributed by atoms with Gasteiger partial charge in [-0.25, -0.2) is 0 Å². The standard InChI is InChI=1S/C13H16N2O2S/c14-12(16)8-18-11-7-2-1-6-10(11)15-13(17)9-4-3-5-9/h1-2,6-7,9H,3-5,8H2,(H2,14,16)(H,15,17). The van der Waals surface area contributed by atoms with Crippen LogP contribution in [0, 0.1) is 5.92 Å². The molecule has 0 heterocycles. The highest BCUT2D eigenvalue weighted by Crippen LogP contribution is 2.30. The van der Waals surface area contributed by atoms with E-state index in [-0.39, 0.29) is 23.5 Å². The Bertz CT molecular complexity index is 458. The van der Waals surface area contributed by atoms with Crippen LogP contribution in [0.4, 0.5) is 5.69 Å². The summed E-state index contributed by atoms with van der Waals surface area (Å²) in [5, 5.41) is 2.92. The number of anilines is 1. The normalized spacial score (nSPS) is 14.9. The van der Waals surface area contributed by atoms with E-state index in [2.05, 4.69) is 5.32 Å². The average Bonchev–Trinajstić information content (AvgIpc) is 2.25. The summed E-state index contributed by atoms with van der Waals surface area (Å²) in [4.78, 5) is 23.5. The Kier molecular flexibility index (Phi) is 4.25. The van der Waals surface area contributed by atoms with Crippen molar-refractivity contribution in [1.29, 1.82) is 0 Å². The maximum atomic E-state index is 11.9. The van der Waals surface area contributed by atoms with Gasteiger partial charge in [-0.1, -0.05) is 18.6 Å². The highest BCUT2D eigenvalue weighted by Gasteiger charge is 2.25. The highest BCUT2D eigenvalue weighted by atomic mass is 32.2. The maximum Gasteiger partial charge on any atom is 0.227 e. The Morgan fingerprint density at radius 2 is 2.06 bits per heavy atom. The Morgan fingerprint density at radius 3 is 2.67 bits per heavy atom. The zero-order valence-corrected chi connectivity index (χ0v) is 10.8. The third kappa shape index (κ3) is 3.26. The molecule has 5 heteroatoms. The molecule has 96 valence electrons. The number of primary amides is 1. The Morgan fingerprint density at radius 1 is 1.33 bits per heavy atom. The van der Waals surface area contributed by atoms with Gasteiger partial charge >= 0.3 is 0 Å². The summed E-state index contributed by atoms with van der Waals surface area (Å²) in [5.74, 6) is 0.0868. The summed E-state index contributed by atoms with van der Waals surface area (Å²) in [5.41, 5.74) is 5.89. The molecule has 2 rings (SSSR count). The maximum absolute atomic E-state index is 11.9. The molecule has 1 aromatic rings. The van der Waals surface area contributed by atoms with Crippen LogP contribution in [0.25, 0.3) is 0 Å². The lowest BCUT2D eigenvalue weighted by molar-refractivity contribution is -0.122. The molecular formula is C13H16N2O2S. The van der Waals surface area contributed by atoms with Crippen LogP contribution in [-0.2, 0) is 9.59 Å². The summed E-state index contributed by atoms with van der Waals surface area (Å²) < 4.78 is 0. The molecule has 1 saturated carbocycles. The van der Waals surface area contributed by atoms with Crippen molar-refractivity contribution >= 4 is 29.3 Å². The van der Waals surface area contributed by atoms with Gasteiger partial charge in [0, 0.05) is 10.8 Å². The zero-order valence-electron chi connectivity index (χ0n) is 10.0. The number of benzene rings is 1. The first-order chi connectivity index (χ1) is 8.66. The van der Waals surface area contributed by atoms with Crippen molar-refractivity contribution in [3.05, 3.63) is 24.3 Å². The minimum Gasteiger partial charge on any atom is -0.369 e. The van der Waals surface area contributed by atoms with Crippen molar-refractivity contribution in [3.8, 4) is 0 Å². The summed E-state index contributed by atoms with van der Waals surface area (Å²) in [6.07, 6.45) is 3.08. The van der Waals surface area contributed by atoms with Crippen LogP contribution >= 0.6 is 11.8 Å². The predicted octanol–water partition coefficient (Wildman–Crippen LogP) is 2.00. The fourth-order valence-electron chi connectivity index (χ4n) is 1.75. The highest BCUT2D eigenvalue weighted by molar-refractivity contribution is 8.00. The van der Waals surface area contributed by atoms with Crippen LogP contribution in [0.3, 0.4) is 0 Å². The van der Waals surface area contributed by atoms with Crippen molar-refractivity contribution in [1.82, 2.24) is 0 Å². The summed E-state index contributed by atoms with van der Waals surface area (Å²) in [6, 6.07) is 7.47. The number of hydrogen-bond acceptors (Lipinski definition) is 3. The van der Waals surface area contributed by atoms with E-state index in [0.29, 0.717) is 0 Å². The number of thioether (sulfide) groups is 1. The topological polar surface area (TPSA) is 72.2 Å². The Labute approximate surface area is 110 Å². The number of hydrogen-bond donors (Lipinski definition) is 2. The van der Waals surface area contributed by atoms with Gasteiger partial charge in [0.05, 0.1) is 11.4 Å². The van der Waals surface area contributed by atoms with Gasteiger partial charge in [0.2, 0.25) is 11.8 Å². The van der Waals surface area contributed by atoms with E-state index in [4.69, 9.17) is 5.73 Å². The largest absolute Gasteiger partial charge is 0.369 e. The fraction of sp³-hybridized carbons (Fsp3) is 0.385. The zero-order chi connectivity index (χ0) is 13.0. The molecule has 2 amide bonds. The summed E-state index contributed by atoms with van der Waals surface area (Å²) in [7, 11) is 0. The molecule has 0 bridgehead atoms. The van der Waals surface area contributed by atoms with Crippen molar-refractivity contribution in [3.63, 3.8) is 0 Å². The lowest BCUT2D eigenvalue weighted by Crippen LogP contribution is -2.28. The van der Waals surface area contributed by atoms with E-state index in [0.717, 1.165) is 29.8 Å². The monoisotopic (exact) mass is 264 g/mol. The minimum atomic E-state index is -0.361. The predicted molar refractivity (Wildman–Crippen MR) is 72.3 cm³/mol. The molecule has 1 aliphatic rings. The van der Waals surface area contributed by atoms with Crippen molar-refractivity contribution in [2.24, 2.45) is 11.7 Å². The number of amides is 2. The SMILES string of the molecule is NC(=O)CSc1ccccc1NC(=O)C1CCC1. The van der Waals surface area contributed by atoms with E-state index in [1.807, 2.05) is 24.3 Å². The second-order valence-electron chi connectivity index (χ2n) is 4.37. The van der Waals surface area contributed by atoms with Gasteiger partial charge in [0.25, 0.3) is 0 Å². The second kappa shape index (κ2) is 5.91. The Hall–Kier alpha value is -1.49. The van der Waals surface area contributed by atoms with E-state index in [1.165, 1.54) is 11.8 Å². The third-order valence-corrected chi connectivity index (χ3v) is 4.09. The van der Waals surface area contributed by atoms with E-state index in [9.17, 15) is 9.59 Å². The quantitative estimate of drug-likeness (QED) is 0.799. The molecule has 1 aromatic carbocycles. The number of nitrogens with two attached hydrogens (primary N) is 1. The van der Waals surface area contributed by atoms with E-state index in [1.54, 1.807) is 0 Å². The molecule has 18 heavy (non-hydrogen) atoms. The first-order valence-corrected chi connectivity index (χ1v) is 6.96. The van der Waals surface area contributed by atoms with Crippen molar-refractivity contribution in [2.45, 2.75) is 24.2 Å². The first-order valence-electron chi connectivity index (χ1n) is 5.98. The molecule has 0 saturated heterocycles. The first kappa shape index (κ1) is 13.0. The van der Waals surface area contributed by atoms with Gasteiger partial charge in [0.1, 0.15) is 0 Å². The smallest absolute Gasteiger partial charge is 0.227 e. The molecular weight excluding hydrogens is 248 g/mol. The van der Waals surface area contributed by atoms with Gasteiger partial charge in [-0.3, -0.25) is 9.59 Å². The van der Waals surface area contributed by atoms with Crippen LogP contribution in [0.2, 0.25) is 0 Å². The summed E-state index contributed by atoms with van der Waals surface area (Å²) >= 11 is 1.35. The second-order valence-corrected chi connectivity index (χ2v) is 5.39. The van der Waals surface area contributed by atoms with Crippen molar-refractivity contribution in [2.75, 3.05) is 11.1 Å². The third-order valence-electron chi connectivity index (χ3n) is 2.99. The van der Waals surface area contributed by atoms with Crippen LogP contribution in [0.1, 0.15) is 19.3 Å². The van der Waals surface area contributed by atoms with Crippen LogP contribution in [0.15, 0.2) is 29.2 Å². The average molecular weight is 264 g/mol. The molecule has 1 aliphatic carbocycles. The lowest BCUT2D eigenvalue weighted by Gasteiger charge is -2.24. The number of rotatable bonds is 5. The molecule has 0 spiro atoms. The van der Waals surface area contributed by atoms with Gasteiger partial charge in [-0.15, -0.1) is 11.8 Å². The van der Waals surface area contributed by atoms with Gasteiger partial charge < -0.3 is 11.1 Å². The minimum absolute atomic E-state index is 0.0772. The van der Waals surface area contributed by atoms with E-state index >= 15 is 0 Å². The summed E-state index contributed by atoms with van der Waals surface area (Å²) in [6.45, 7) is 0.